The number of nitrogens with zero attached hydrogens (tertiary/aromatic N) is 1. The van der Waals surface area contributed by atoms with Crippen LogP contribution in [0.15, 0.2) is 18.2 Å². The van der Waals surface area contributed by atoms with Crippen LogP contribution >= 0.6 is 0 Å². The Balaban J connectivity index is 2.15. The van der Waals surface area contributed by atoms with Gasteiger partial charge in [0, 0.05) is 30.7 Å². The van der Waals surface area contributed by atoms with Gasteiger partial charge in [-0.3, -0.25) is 4.90 Å². The van der Waals surface area contributed by atoms with Crippen molar-refractivity contribution in [3.8, 4) is 11.5 Å². The summed E-state index contributed by atoms with van der Waals surface area (Å²) in [4.78, 5) is 2.40. The highest BCUT2D eigenvalue weighted by atomic mass is 16.3. The summed E-state index contributed by atoms with van der Waals surface area (Å²) in [6, 6.07) is 5.39. The predicted molar refractivity (Wildman–Crippen MR) is 85.6 cm³/mol. The topological polar surface area (TPSA) is 55.7 Å². The molecule has 2 unspecified atom stereocenters. The molecule has 1 aromatic rings. The maximum absolute atomic E-state index is 10.1. The van der Waals surface area contributed by atoms with Crippen LogP contribution in [-0.2, 0) is 0 Å². The lowest BCUT2D eigenvalue weighted by molar-refractivity contribution is 0.169. The van der Waals surface area contributed by atoms with Crippen molar-refractivity contribution < 1.29 is 10.2 Å². The summed E-state index contributed by atoms with van der Waals surface area (Å²) in [5.41, 5.74) is 0.800. The SMILES string of the molecule is CC(C)CN(CC1CCCN1)C(C)c1cc(O)ccc1O. The number of aromatic hydroxyl groups is 2. The number of hydrogen-bond donors (Lipinski definition) is 3. The molecule has 0 aliphatic carbocycles. The molecule has 1 aromatic carbocycles. The Kier molecular flexibility index (Phi) is 5.48. The van der Waals surface area contributed by atoms with Gasteiger partial charge in [-0.1, -0.05) is 13.8 Å². The van der Waals surface area contributed by atoms with Crippen molar-refractivity contribution in [1.29, 1.82) is 0 Å². The molecule has 0 spiro atoms. The minimum Gasteiger partial charge on any atom is -0.508 e. The largest absolute Gasteiger partial charge is 0.508 e. The van der Waals surface area contributed by atoms with E-state index in [-0.39, 0.29) is 17.5 Å². The molecule has 0 radical (unpaired) electrons. The molecule has 0 saturated carbocycles. The van der Waals surface area contributed by atoms with Crippen molar-refractivity contribution in [2.45, 2.75) is 45.7 Å². The third-order valence-corrected chi connectivity index (χ3v) is 4.23. The maximum Gasteiger partial charge on any atom is 0.120 e. The third-order valence-electron chi connectivity index (χ3n) is 4.23. The van der Waals surface area contributed by atoms with Gasteiger partial charge in [0.25, 0.3) is 0 Å². The Hall–Kier alpha value is -1.26. The average molecular weight is 292 g/mol. The van der Waals surface area contributed by atoms with Crippen molar-refractivity contribution in [3.05, 3.63) is 23.8 Å². The van der Waals surface area contributed by atoms with E-state index in [0.29, 0.717) is 12.0 Å². The van der Waals surface area contributed by atoms with Crippen LogP contribution in [0.2, 0.25) is 0 Å². The van der Waals surface area contributed by atoms with Crippen molar-refractivity contribution in [1.82, 2.24) is 10.2 Å². The van der Waals surface area contributed by atoms with E-state index < -0.39 is 0 Å². The van der Waals surface area contributed by atoms with Crippen LogP contribution in [0.1, 0.15) is 45.2 Å². The van der Waals surface area contributed by atoms with E-state index in [2.05, 4.69) is 31.0 Å². The van der Waals surface area contributed by atoms with Gasteiger partial charge in [0.05, 0.1) is 0 Å². The van der Waals surface area contributed by atoms with Crippen molar-refractivity contribution in [2.75, 3.05) is 19.6 Å². The zero-order chi connectivity index (χ0) is 15.4. The molecule has 0 bridgehead atoms. The molecule has 1 aliphatic rings. The summed E-state index contributed by atoms with van der Waals surface area (Å²) in [6.07, 6.45) is 2.46. The first-order valence-electron chi connectivity index (χ1n) is 7.96. The Labute approximate surface area is 127 Å². The molecule has 1 saturated heterocycles. The highest BCUT2D eigenvalue weighted by molar-refractivity contribution is 5.40. The minimum atomic E-state index is 0.0851. The lowest BCUT2D eigenvalue weighted by Gasteiger charge is -2.33. The van der Waals surface area contributed by atoms with Crippen molar-refractivity contribution >= 4 is 0 Å². The number of phenolic OH excluding ortho intramolecular Hbond substituents is 2. The molecule has 4 heteroatoms. The first-order valence-corrected chi connectivity index (χ1v) is 7.96. The van der Waals surface area contributed by atoms with Crippen LogP contribution in [0.5, 0.6) is 11.5 Å². The molecule has 4 nitrogen and oxygen atoms in total. The van der Waals surface area contributed by atoms with Crippen molar-refractivity contribution in [3.63, 3.8) is 0 Å². The number of benzene rings is 1. The molecule has 3 N–H and O–H groups in total. The summed E-state index contributed by atoms with van der Waals surface area (Å²) < 4.78 is 0. The Morgan fingerprint density at radius 2 is 2.05 bits per heavy atom. The third kappa shape index (κ3) is 4.35. The minimum absolute atomic E-state index is 0.0851. The lowest BCUT2D eigenvalue weighted by atomic mass is 10.0. The fraction of sp³-hybridized carbons (Fsp3) is 0.647. The molecular formula is C17H28N2O2. The van der Waals surface area contributed by atoms with Crippen LogP contribution < -0.4 is 5.32 Å². The van der Waals surface area contributed by atoms with E-state index in [4.69, 9.17) is 0 Å². The van der Waals surface area contributed by atoms with Gasteiger partial charge in [-0.2, -0.15) is 0 Å². The Bertz CT molecular complexity index is 456. The van der Waals surface area contributed by atoms with E-state index >= 15 is 0 Å². The molecule has 2 atom stereocenters. The highest BCUT2D eigenvalue weighted by Crippen LogP contribution is 2.32. The fourth-order valence-corrected chi connectivity index (χ4v) is 3.13. The van der Waals surface area contributed by atoms with Crippen LogP contribution in [-0.4, -0.2) is 40.8 Å². The summed E-state index contributed by atoms with van der Waals surface area (Å²) in [5, 5.41) is 23.3. The van der Waals surface area contributed by atoms with E-state index in [1.165, 1.54) is 18.9 Å². The van der Waals surface area contributed by atoms with Crippen LogP contribution in [0, 0.1) is 5.92 Å². The number of phenols is 2. The molecule has 118 valence electrons. The zero-order valence-electron chi connectivity index (χ0n) is 13.3. The first kappa shape index (κ1) is 16.1. The second kappa shape index (κ2) is 7.14. The van der Waals surface area contributed by atoms with Gasteiger partial charge >= 0.3 is 0 Å². The summed E-state index contributed by atoms with van der Waals surface area (Å²) in [6.45, 7) is 9.59. The molecule has 1 heterocycles. The summed E-state index contributed by atoms with van der Waals surface area (Å²) in [7, 11) is 0. The van der Waals surface area contributed by atoms with E-state index in [1.54, 1.807) is 12.1 Å². The second-order valence-corrected chi connectivity index (χ2v) is 6.56. The molecule has 1 fully saturated rings. The lowest BCUT2D eigenvalue weighted by Crippen LogP contribution is -2.40. The van der Waals surface area contributed by atoms with Gasteiger partial charge in [0.1, 0.15) is 11.5 Å². The van der Waals surface area contributed by atoms with E-state index in [1.807, 2.05) is 0 Å². The first-order chi connectivity index (χ1) is 9.97. The second-order valence-electron chi connectivity index (χ2n) is 6.56. The molecule has 0 aromatic heterocycles. The molecule has 2 rings (SSSR count). The number of nitrogens with one attached hydrogen (secondary N) is 1. The molecule has 1 aliphatic heterocycles. The molecule has 21 heavy (non-hydrogen) atoms. The molecule has 0 amide bonds. The quantitative estimate of drug-likeness (QED) is 0.706. The Morgan fingerprint density at radius 3 is 2.67 bits per heavy atom. The summed E-state index contributed by atoms with van der Waals surface area (Å²) >= 11 is 0. The van der Waals surface area contributed by atoms with Crippen LogP contribution in [0.25, 0.3) is 0 Å². The predicted octanol–water partition coefficient (Wildman–Crippen LogP) is 2.87. The van der Waals surface area contributed by atoms with Gasteiger partial charge in [-0.25, -0.2) is 0 Å². The fourth-order valence-electron chi connectivity index (χ4n) is 3.13. The Morgan fingerprint density at radius 1 is 1.29 bits per heavy atom. The van der Waals surface area contributed by atoms with Crippen LogP contribution in [0.4, 0.5) is 0 Å². The molecular weight excluding hydrogens is 264 g/mol. The smallest absolute Gasteiger partial charge is 0.120 e. The van der Waals surface area contributed by atoms with Gasteiger partial charge in [-0.15, -0.1) is 0 Å². The van der Waals surface area contributed by atoms with Crippen molar-refractivity contribution in [2.24, 2.45) is 5.92 Å². The summed E-state index contributed by atoms with van der Waals surface area (Å²) in [5.74, 6) is 1.03. The number of hydrogen-bond acceptors (Lipinski definition) is 4. The monoisotopic (exact) mass is 292 g/mol. The van der Waals surface area contributed by atoms with Crippen LogP contribution in [0.3, 0.4) is 0 Å². The average Bonchev–Trinajstić information content (AvgIpc) is 2.92. The van der Waals surface area contributed by atoms with E-state index in [0.717, 1.165) is 25.2 Å². The van der Waals surface area contributed by atoms with Gasteiger partial charge < -0.3 is 15.5 Å². The van der Waals surface area contributed by atoms with Gasteiger partial charge in [0.2, 0.25) is 0 Å². The zero-order valence-corrected chi connectivity index (χ0v) is 13.3. The standard InChI is InChI=1S/C17H28N2O2/c1-12(2)10-19(11-14-5-4-8-18-14)13(3)16-9-15(20)6-7-17(16)21/h6-7,9,12-14,18,20-21H,4-5,8,10-11H2,1-3H3. The van der Waals surface area contributed by atoms with Gasteiger partial charge in [0.15, 0.2) is 0 Å². The highest BCUT2D eigenvalue weighted by Gasteiger charge is 2.24. The number of rotatable bonds is 6. The normalized spacial score (nSPS) is 20.3. The van der Waals surface area contributed by atoms with Gasteiger partial charge in [-0.05, 0) is 50.4 Å². The van der Waals surface area contributed by atoms with E-state index in [9.17, 15) is 10.2 Å². The maximum atomic E-state index is 10.1.